The van der Waals surface area contributed by atoms with E-state index >= 15 is 0 Å². The molecule has 0 saturated heterocycles. The van der Waals surface area contributed by atoms with Gasteiger partial charge in [-0.3, -0.25) is 0 Å². The molecule has 15 heavy (non-hydrogen) atoms. The van der Waals surface area contributed by atoms with Crippen molar-refractivity contribution < 1.29 is 8.42 Å². The van der Waals surface area contributed by atoms with E-state index in [0.717, 1.165) is 16.6 Å². The molecule has 0 aliphatic rings. The summed E-state index contributed by atoms with van der Waals surface area (Å²) in [5.74, 6) is 0. The molecule has 0 atom stereocenters. The van der Waals surface area contributed by atoms with E-state index in [4.69, 9.17) is 0 Å². The maximum Gasteiger partial charge on any atom is 0.240 e. The zero-order valence-electron chi connectivity index (χ0n) is 8.53. The van der Waals surface area contributed by atoms with Gasteiger partial charge < -0.3 is 4.98 Å². The lowest BCUT2D eigenvalue weighted by Crippen LogP contribution is -2.18. The number of aromatic amines is 1. The van der Waals surface area contributed by atoms with Crippen molar-refractivity contribution in [1.29, 1.82) is 0 Å². The molecule has 0 amide bonds. The van der Waals surface area contributed by atoms with Gasteiger partial charge in [0.1, 0.15) is 0 Å². The van der Waals surface area contributed by atoms with Crippen LogP contribution in [-0.4, -0.2) is 20.4 Å². The van der Waals surface area contributed by atoms with Crippen molar-refractivity contribution in [3.8, 4) is 0 Å². The van der Waals surface area contributed by atoms with Crippen LogP contribution >= 0.6 is 0 Å². The van der Waals surface area contributed by atoms with Crippen molar-refractivity contribution in [3.05, 3.63) is 30.0 Å². The van der Waals surface area contributed by atoms with Gasteiger partial charge in [-0.05, 0) is 38.2 Å². The molecule has 0 aliphatic carbocycles. The van der Waals surface area contributed by atoms with Gasteiger partial charge in [0, 0.05) is 16.6 Å². The molecule has 80 valence electrons. The Kier molecular flexibility index (Phi) is 2.28. The molecular weight excluding hydrogens is 212 g/mol. The molecule has 4 nitrogen and oxygen atoms in total. The summed E-state index contributed by atoms with van der Waals surface area (Å²) >= 11 is 0. The summed E-state index contributed by atoms with van der Waals surface area (Å²) in [6, 6.07) is 6.94. The highest BCUT2D eigenvalue weighted by molar-refractivity contribution is 7.89. The number of nitrogens with one attached hydrogen (secondary N) is 2. The largest absolute Gasteiger partial charge is 0.359 e. The van der Waals surface area contributed by atoms with E-state index in [0.29, 0.717) is 0 Å². The lowest BCUT2D eigenvalue weighted by Gasteiger charge is -2.01. The van der Waals surface area contributed by atoms with Gasteiger partial charge in [0.15, 0.2) is 0 Å². The molecule has 0 radical (unpaired) electrons. The van der Waals surface area contributed by atoms with Crippen LogP contribution in [0.5, 0.6) is 0 Å². The molecule has 1 aromatic carbocycles. The third-order valence-corrected chi connectivity index (χ3v) is 3.72. The Bertz CT molecular complexity index is 599. The fourth-order valence-electron chi connectivity index (χ4n) is 1.54. The molecular formula is C10H12N2O2S. The van der Waals surface area contributed by atoms with E-state index in [2.05, 4.69) is 9.71 Å². The Labute approximate surface area is 88.4 Å². The van der Waals surface area contributed by atoms with Crippen molar-refractivity contribution in [2.75, 3.05) is 7.05 Å². The van der Waals surface area contributed by atoms with Crippen LogP contribution in [-0.2, 0) is 10.0 Å². The Morgan fingerprint density at radius 1 is 1.27 bits per heavy atom. The summed E-state index contributed by atoms with van der Waals surface area (Å²) in [4.78, 5) is 3.43. The average molecular weight is 224 g/mol. The number of sulfonamides is 1. The van der Waals surface area contributed by atoms with Crippen molar-refractivity contribution in [2.45, 2.75) is 11.8 Å². The summed E-state index contributed by atoms with van der Waals surface area (Å²) in [7, 11) is -1.94. The van der Waals surface area contributed by atoms with Crippen molar-refractivity contribution in [3.63, 3.8) is 0 Å². The molecule has 0 saturated carbocycles. The van der Waals surface area contributed by atoms with Gasteiger partial charge in [0.2, 0.25) is 10.0 Å². The number of fused-ring (bicyclic) bond motifs is 1. The molecule has 1 heterocycles. The second-order valence-corrected chi connectivity index (χ2v) is 5.30. The van der Waals surface area contributed by atoms with Gasteiger partial charge >= 0.3 is 0 Å². The third-order valence-electron chi connectivity index (χ3n) is 2.31. The van der Waals surface area contributed by atoms with Gasteiger partial charge in [-0.1, -0.05) is 0 Å². The van der Waals surface area contributed by atoms with E-state index in [-0.39, 0.29) is 4.90 Å². The van der Waals surface area contributed by atoms with Gasteiger partial charge in [-0.25, -0.2) is 13.1 Å². The van der Waals surface area contributed by atoms with Crippen LogP contribution < -0.4 is 4.72 Å². The van der Waals surface area contributed by atoms with E-state index in [9.17, 15) is 8.42 Å². The van der Waals surface area contributed by atoms with Gasteiger partial charge in [-0.2, -0.15) is 0 Å². The molecule has 2 N–H and O–H groups in total. The first-order valence-electron chi connectivity index (χ1n) is 4.56. The highest BCUT2D eigenvalue weighted by Gasteiger charge is 2.11. The first-order chi connectivity index (χ1) is 7.03. The fourth-order valence-corrected chi connectivity index (χ4v) is 2.31. The Hall–Kier alpha value is -1.33. The first-order valence-corrected chi connectivity index (χ1v) is 6.04. The number of hydrogen-bond acceptors (Lipinski definition) is 2. The summed E-state index contributed by atoms with van der Waals surface area (Å²) in [6.07, 6.45) is 0. The van der Waals surface area contributed by atoms with E-state index in [1.165, 1.54) is 7.05 Å². The Morgan fingerprint density at radius 2 is 2.00 bits per heavy atom. The fraction of sp³-hybridized carbons (Fsp3) is 0.200. The van der Waals surface area contributed by atoms with Gasteiger partial charge in [0.25, 0.3) is 0 Å². The summed E-state index contributed by atoms with van der Waals surface area (Å²) in [5, 5.41) is 0.906. The predicted octanol–water partition coefficient (Wildman–Crippen LogP) is 1.38. The predicted molar refractivity (Wildman–Crippen MR) is 59.3 cm³/mol. The number of H-pyrrole nitrogens is 1. The Morgan fingerprint density at radius 3 is 2.67 bits per heavy atom. The zero-order valence-corrected chi connectivity index (χ0v) is 9.35. The summed E-state index contributed by atoms with van der Waals surface area (Å²) < 4.78 is 25.4. The normalized spacial score (nSPS) is 12.1. The number of aryl methyl sites for hydroxylation is 1. The SMILES string of the molecule is CNS(=O)(=O)c1ccc2[nH]c(C)cc2c1. The summed E-state index contributed by atoms with van der Waals surface area (Å²) in [5.41, 5.74) is 1.96. The molecule has 2 rings (SSSR count). The molecule has 5 heteroatoms. The molecule has 0 spiro atoms. The number of benzene rings is 1. The number of hydrogen-bond donors (Lipinski definition) is 2. The van der Waals surface area contributed by atoms with Crippen LogP contribution in [0.2, 0.25) is 0 Å². The van der Waals surface area contributed by atoms with Gasteiger partial charge in [-0.15, -0.1) is 0 Å². The highest BCUT2D eigenvalue weighted by atomic mass is 32.2. The van der Waals surface area contributed by atoms with Crippen LogP contribution in [0, 0.1) is 6.92 Å². The monoisotopic (exact) mass is 224 g/mol. The maximum absolute atomic E-state index is 11.5. The van der Waals surface area contributed by atoms with Gasteiger partial charge in [0.05, 0.1) is 4.90 Å². The smallest absolute Gasteiger partial charge is 0.240 e. The van der Waals surface area contributed by atoms with E-state index in [1.807, 2.05) is 13.0 Å². The van der Waals surface area contributed by atoms with Crippen LogP contribution in [0.25, 0.3) is 10.9 Å². The zero-order chi connectivity index (χ0) is 11.1. The lowest BCUT2D eigenvalue weighted by molar-refractivity contribution is 0.588. The maximum atomic E-state index is 11.5. The Balaban J connectivity index is 2.66. The van der Waals surface area contributed by atoms with Crippen molar-refractivity contribution >= 4 is 20.9 Å². The van der Waals surface area contributed by atoms with Crippen LogP contribution in [0.15, 0.2) is 29.2 Å². The summed E-state index contributed by atoms with van der Waals surface area (Å²) in [6.45, 7) is 1.94. The number of rotatable bonds is 2. The minimum atomic E-state index is -3.34. The first kappa shape index (κ1) is 10.2. The van der Waals surface area contributed by atoms with Crippen molar-refractivity contribution in [2.24, 2.45) is 0 Å². The van der Waals surface area contributed by atoms with Crippen molar-refractivity contribution in [1.82, 2.24) is 9.71 Å². The molecule has 0 aliphatic heterocycles. The number of aromatic nitrogens is 1. The topological polar surface area (TPSA) is 62.0 Å². The van der Waals surface area contributed by atoms with Crippen LogP contribution in [0.3, 0.4) is 0 Å². The average Bonchev–Trinajstić information content (AvgIpc) is 2.56. The second kappa shape index (κ2) is 3.36. The molecule has 0 unspecified atom stereocenters. The second-order valence-electron chi connectivity index (χ2n) is 3.41. The molecule has 1 aromatic heterocycles. The third kappa shape index (κ3) is 1.75. The lowest BCUT2D eigenvalue weighted by atomic mass is 10.2. The van der Waals surface area contributed by atoms with Crippen LogP contribution in [0.1, 0.15) is 5.69 Å². The standard InChI is InChI=1S/C10H12N2O2S/c1-7-5-8-6-9(15(13,14)11-2)3-4-10(8)12-7/h3-6,11-12H,1-2H3. The van der Waals surface area contributed by atoms with E-state index in [1.54, 1.807) is 18.2 Å². The quantitative estimate of drug-likeness (QED) is 0.809. The highest BCUT2D eigenvalue weighted by Crippen LogP contribution is 2.19. The molecule has 0 fully saturated rings. The minimum absolute atomic E-state index is 0.288. The van der Waals surface area contributed by atoms with E-state index < -0.39 is 10.0 Å². The molecule has 0 bridgehead atoms. The minimum Gasteiger partial charge on any atom is -0.359 e. The molecule has 2 aromatic rings. The van der Waals surface area contributed by atoms with Crippen LogP contribution in [0.4, 0.5) is 0 Å².